The Morgan fingerprint density at radius 3 is 2.45 bits per heavy atom. The van der Waals surface area contributed by atoms with E-state index in [1.54, 1.807) is 24.4 Å². The number of carboxylic acid groups (broad SMARTS) is 1. The van der Waals surface area contributed by atoms with Crippen LogP contribution in [0, 0.1) is 25.2 Å². The summed E-state index contributed by atoms with van der Waals surface area (Å²) in [7, 11) is 0. The minimum atomic E-state index is -1.57. The number of hydrogen-bond acceptors (Lipinski definition) is 7. The van der Waals surface area contributed by atoms with Crippen LogP contribution in [0.5, 0.6) is 11.5 Å². The molecule has 0 unspecified atom stereocenters. The number of nitrogens with zero attached hydrogens (tertiary/aromatic N) is 2. The van der Waals surface area contributed by atoms with E-state index in [1.165, 1.54) is 18.7 Å². The van der Waals surface area contributed by atoms with E-state index in [-0.39, 0.29) is 19.8 Å². The molecule has 3 aromatic carbocycles. The summed E-state index contributed by atoms with van der Waals surface area (Å²) in [5.74, 6) is -0.398. The van der Waals surface area contributed by atoms with Crippen molar-refractivity contribution < 1.29 is 24.5 Å². The van der Waals surface area contributed by atoms with Gasteiger partial charge in [-0.15, -0.1) is 0 Å². The SMILES string of the molecule is Cc1ccccc1-c1cccc(COc2cc(OCc3cncc(C#N)c3)c(CN[C@@](C)(CO)C(=O)O)cc2Cl)c1C. The van der Waals surface area contributed by atoms with Crippen molar-refractivity contribution in [2.24, 2.45) is 0 Å². The molecule has 216 valence electrons. The van der Waals surface area contributed by atoms with E-state index in [0.717, 1.165) is 22.3 Å². The van der Waals surface area contributed by atoms with Crippen molar-refractivity contribution in [3.8, 4) is 28.7 Å². The number of aryl methyl sites for hydroxylation is 1. The minimum absolute atomic E-state index is 0.0484. The van der Waals surface area contributed by atoms with Crippen molar-refractivity contribution in [3.05, 3.63) is 111 Å². The monoisotopic (exact) mass is 585 g/mol. The van der Waals surface area contributed by atoms with Gasteiger partial charge in [-0.1, -0.05) is 54.1 Å². The molecular formula is C33H32ClN3O5. The number of nitrogens with one attached hydrogen (secondary N) is 1. The zero-order valence-electron chi connectivity index (χ0n) is 23.6. The van der Waals surface area contributed by atoms with Gasteiger partial charge in [-0.2, -0.15) is 5.26 Å². The predicted molar refractivity (Wildman–Crippen MR) is 160 cm³/mol. The molecule has 0 amide bonds. The fourth-order valence-corrected chi connectivity index (χ4v) is 4.64. The topological polar surface area (TPSA) is 125 Å². The third-order valence-corrected chi connectivity index (χ3v) is 7.45. The molecule has 0 saturated heterocycles. The quantitative estimate of drug-likeness (QED) is 0.186. The summed E-state index contributed by atoms with van der Waals surface area (Å²) in [6, 6.07) is 21.4. The number of ether oxygens (including phenoxy) is 2. The lowest BCUT2D eigenvalue weighted by atomic mass is 9.94. The number of carboxylic acids is 1. The summed E-state index contributed by atoms with van der Waals surface area (Å²) >= 11 is 6.64. The fourth-order valence-electron chi connectivity index (χ4n) is 4.40. The number of carbonyl (C=O) groups is 1. The van der Waals surface area contributed by atoms with Crippen molar-refractivity contribution in [2.75, 3.05) is 6.61 Å². The molecule has 0 spiro atoms. The van der Waals surface area contributed by atoms with Gasteiger partial charge < -0.3 is 19.7 Å². The summed E-state index contributed by atoms with van der Waals surface area (Å²) in [5.41, 5.74) is 5.66. The number of benzene rings is 3. The molecular weight excluding hydrogens is 554 g/mol. The average molecular weight is 586 g/mol. The smallest absolute Gasteiger partial charge is 0.326 e. The number of aromatic nitrogens is 1. The second-order valence-electron chi connectivity index (χ2n) is 10.2. The number of nitriles is 1. The maximum Gasteiger partial charge on any atom is 0.326 e. The van der Waals surface area contributed by atoms with Crippen LogP contribution in [0.25, 0.3) is 11.1 Å². The van der Waals surface area contributed by atoms with Crippen molar-refractivity contribution in [2.45, 2.75) is 46.1 Å². The van der Waals surface area contributed by atoms with Gasteiger partial charge in [0.05, 0.1) is 17.2 Å². The van der Waals surface area contributed by atoms with Gasteiger partial charge in [-0.05, 0) is 60.7 Å². The average Bonchev–Trinajstić information content (AvgIpc) is 2.99. The highest BCUT2D eigenvalue weighted by molar-refractivity contribution is 6.32. The summed E-state index contributed by atoms with van der Waals surface area (Å²) < 4.78 is 12.3. The number of aliphatic hydroxyl groups excluding tert-OH is 1. The zero-order valence-corrected chi connectivity index (χ0v) is 24.4. The van der Waals surface area contributed by atoms with Crippen molar-refractivity contribution in [3.63, 3.8) is 0 Å². The maximum atomic E-state index is 11.7. The lowest BCUT2D eigenvalue weighted by Crippen LogP contribution is -2.52. The van der Waals surface area contributed by atoms with Crippen molar-refractivity contribution in [1.29, 1.82) is 5.26 Å². The van der Waals surface area contributed by atoms with Gasteiger partial charge in [0.2, 0.25) is 0 Å². The van der Waals surface area contributed by atoms with Gasteiger partial charge in [0, 0.05) is 36.1 Å². The molecule has 9 heteroatoms. The Morgan fingerprint density at radius 1 is 1.00 bits per heavy atom. The first kappa shape index (κ1) is 30.5. The molecule has 1 aromatic heterocycles. The molecule has 8 nitrogen and oxygen atoms in total. The van der Waals surface area contributed by atoms with Crippen LogP contribution in [0.1, 0.15) is 40.3 Å². The van der Waals surface area contributed by atoms with E-state index >= 15 is 0 Å². The first-order valence-electron chi connectivity index (χ1n) is 13.3. The zero-order chi connectivity index (χ0) is 30.3. The van der Waals surface area contributed by atoms with Crippen molar-refractivity contribution >= 4 is 17.6 Å². The summed E-state index contributed by atoms with van der Waals surface area (Å²) in [4.78, 5) is 15.8. The molecule has 4 aromatic rings. The second-order valence-corrected chi connectivity index (χ2v) is 10.6. The van der Waals surface area contributed by atoms with Gasteiger partial charge in [0.25, 0.3) is 0 Å². The first-order valence-corrected chi connectivity index (χ1v) is 13.7. The van der Waals surface area contributed by atoms with Crippen molar-refractivity contribution in [1.82, 2.24) is 10.3 Å². The van der Waals surface area contributed by atoms with Crippen LogP contribution in [-0.2, 0) is 24.6 Å². The lowest BCUT2D eigenvalue weighted by Gasteiger charge is -2.25. The standard InChI is InChI=1S/C33H32ClN3O5/c1-21-7-4-5-9-27(21)28-10-6-8-25(22(28)2)19-42-31-13-30(41-18-24-11-23(14-35)15-36-16-24)26(12-29(31)34)17-37-33(3,20-38)32(39)40/h4-13,15-16,37-38H,17-20H2,1-3H3,(H,39,40)/t33-/m0/s1. The van der Waals surface area contributed by atoms with Crippen LogP contribution in [0.4, 0.5) is 0 Å². The van der Waals surface area contributed by atoms with E-state index in [9.17, 15) is 20.3 Å². The molecule has 0 aliphatic rings. The molecule has 0 radical (unpaired) electrons. The highest BCUT2D eigenvalue weighted by atomic mass is 35.5. The molecule has 0 bridgehead atoms. The number of aliphatic carboxylic acids is 1. The van der Waals surface area contributed by atoms with Crippen LogP contribution in [0.15, 0.2) is 73.1 Å². The molecule has 0 fully saturated rings. The minimum Gasteiger partial charge on any atom is -0.488 e. The molecule has 4 rings (SSSR count). The number of halogens is 1. The van der Waals surface area contributed by atoms with Gasteiger partial charge in [-0.3, -0.25) is 15.1 Å². The molecule has 3 N–H and O–H groups in total. The fraction of sp³-hybridized carbons (Fsp3) is 0.242. The van der Waals surface area contributed by atoms with E-state index in [0.29, 0.717) is 33.2 Å². The normalized spacial score (nSPS) is 12.3. The van der Waals surface area contributed by atoms with Gasteiger partial charge in [-0.25, -0.2) is 0 Å². The molecule has 42 heavy (non-hydrogen) atoms. The molecule has 0 saturated carbocycles. The summed E-state index contributed by atoms with van der Waals surface area (Å²) in [5, 5.41) is 31.6. The second kappa shape index (κ2) is 13.5. The highest BCUT2D eigenvalue weighted by Gasteiger charge is 2.32. The Hall–Kier alpha value is -4.42. The molecule has 0 aliphatic heterocycles. The van der Waals surface area contributed by atoms with E-state index in [1.807, 2.05) is 24.3 Å². The third kappa shape index (κ3) is 7.07. The number of pyridine rings is 1. The van der Waals surface area contributed by atoms with Crippen LogP contribution < -0.4 is 14.8 Å². The maximum absolute atomic E-state index is 11.7. The van der Waals surface area contributed by atoms with Crippen LogP contribution in [-0.4, -0.2) is 33.3 Å². The van der Waals surface area contributed by atoms with Gasteiger partial charge >= 0.3 is 5.97 Å². The van der Waals surface area contributed by atoms with E-state index < -0.39 is 18.1 Å². The Morgan fingerprint density at radius 2 is 1.74 bits per heavy atom. The van der Waals surface area contributed by atoms with E-state index in [4.69, 9.17) is 21.1 Å². The van der Waals surface area contributed by atoms with Gasteiger partial charge in [0.15, 0.2) is 0 Å². The molecule has 1 atom stereocenters. The summed E-state index contributed by atoms with van der Waals surface area (Å²) in [6.07, 6.45) is 3.06. The van der Waals surface area contributed by atoms with Crippen LogP contribution in [0.3, 0.4) is 0 Å². The number of aliphatic hydroxyl groups is 1. The van der Waals surface area contributed by atoms with Gasteiger partial charge in [0.1, 0.15) is 36.3 Å². The summed E-state index contributed by atoms with van der Waals surface area (Å²) in [6.45, 7) is 5.34. The Balaban J connectivity index is 1.61. The third-order valence-electron chi connectivity index (χ3n) is 7.15. The van der Waals surface area contributed by atoms with Crippen LogP contribution in [0.2, 0.25) is 5.02 Å². The van der Waals surface area contributed by atoms with E-state index in [2.05, 4.69) is 48.4 Å². The lowest BCUT2D eigenvalue weighted by molar-refractivity contribution is -0.145. The number of hydrogen-bond donors (Lipinski definition) is 3. The van der Waals surface area contributed by atoms with Crippen LogP contribution >= 0.6 is 11.6 Å². The molecule has 0 aliphatic carbocycles. The largest absolute Gasteiger partial charge is 0.488 e. The Labute approximate surface area is 250 Å². The Kier molecular flexibility index (Phi) is 9.81. The predicted octanol–water partition coefficient (Wildman–Crippen LogP) is 5.97. The number of rotatable bonds is 12. The first-order chi connectivity index (χ1) is 20.1. The highest BCUT2D eigenvalue weighted by Crippen LogP contribution is 2.35. The Bertz CT molecular complexity index is 1630. The molecule has 1 heterocycles.